The summed E-state index contributed by atoms with van der Waals surface area (Å²) in [5.41, 5.74) is 6.49. The van der Waals surface area contributed by atoms with Crippen molar-refractivity contribution in [3.63, 3.8) is 0 Å². The number of ketones is 1. The summed E-state index contributed by atoms with van der Waals surface area (Å²) >= 11 is 0. The first-order valence-electron chi connectivity index (χ1n) is 12.5. The van der Waals surface area contributed by atoms with Crippen molar-refractivity contribution in [2.24, 2.45) is 5.92 Å². The van der Waals surface area contributed by atoms with Crippen molar-refractivity contribution in [3.8, 4) is 11.3 Å². The van der Waals surface area contributed by atoms with E-state index in [-0.39, 0.29) is 35.9 Å². The lowest BCUT2D eigenvalue weighted by atomic mass is 9.96. The molecule has 0 radical (unpaired) electrons. The van der Waals surface area contributed by atoms with Gasteiger partial charge in [0.05, 0.1) is 23.3 Å². The molecule has 1 fully saturated rings. The zero-order valence-corrected chi connectivity index (χ0v) is 21.4. The molecule has 4 aromatic rings. The molecule has 1 unspecified atom stereocenters. The summed E-state index contributed by atoms with van der Waals surface area (Å²) in [5, 5.41) is 10.8. The van der Waals surface area contributed by atoms with Crippen molar-refractivity contribution in [2.75, 3.05) is 5.73 Å². The first-order chi connectivity index (χ1) is 18.7. The van der Waals surface area contributed by atoms with Crippen LogP contribution in [0.15, 0.2) is 70.0 Å². The van der Waals surface area contributed by atoms with Gasteiger partial charge in [-0.25, -0.2) is 9.37 Å². The van der Waals surface area contributed by atoms with Crippen LogP contribution < -0.4 is 16.6 Å². The number of nitrogens with zero attached hydrogens (tertiary/aromatic N) is 4. The van der Waals surface area contributed by atoms with Crippen LogP contribution in [0.3, 0.4) is 0 Å². The Hall–Kier alpha value is -4.67. The molecule has 1 atom stereocenters. The Morgan fingerprint density at radius 3 is 2.44 bits per heavy atom. The minimum absolute atomic E-state index is 0.229. The molecule has 2 aromatic heterocycles. The summed E-state index contributed by atoms with van der Waals surface area (Å²) in [6, 6.07) is 14.1. The maximum Gasteiger partial charge on any atom is 0.294 e. The van der Waals surface area contributed by atoms with Crippen molar-refractivity contribution in [3.05, 3.63) is 94.3 Å². The molecule has 200 valence electrons. The largest absolute Gasteiger partial charge is 0.417 e. The number of nitrogen functional groups attached to an aromatic ring is 1. The summed E-state index contributed by atoms with van der Waals surface area (Å²) in [4.78, 5) is 43.2. The quantitative estimate of drug-likeness (QED) is 0.314. The number of Topliss-reactive ketones (excluding diaryl/α,β-unsaturated/α-hetero) is 1. The summed E-state index contributed by atoms with van der Waals surface area (Å²) in [6.45, 7) is 3.16. The van der Waals surface area contributed by atoms with Crippen LogP contribution in [0.25, 0.3) is 11.3 Å². The minimum atomic E-state index is -0.984. The fraction of sp³-hybridized carbons (Fsp3) is 0.286. The highest BCUT2D eigenvalue weighted by Crippen LogP contribution is 2.52. The van der Waals surface area contributed by atoms with Crippen molar-refractivity contribution >= 4 is 17.5 Å². The molecule has 1 saturated carbocycles. The van der Waals surface area contributed by atoms with Crippen LogP contribution >= 0.6 is 0 Å². The van der Waals surface area contributed by atoms with Gasteiger partial charge in [0.25, 0.3) is 11.4 Å². The predicted molar refractivity (Wildman–Crippen MR) is 140 cm³/mol. The van der Waals surface area contributed by atoms with Gasteiger partial charge in [-0.3, -0.25) is 19.0 Å². The lowest BCUT2D eigenvalue weighted by Crippen LogP contribution is -2.46. The molecule has 0 spiro atoms. The van der Waals surface area contributed by atoms with E-state index in [2.05, 4.69) is 20.5 Å². The van der Waals surface area contributed by atoms with Crippen LogP contribution in [0.5, 0.6) is 0 Å². The van der Waals surface area contributed by atoms with Crippen LogP contribution in [0.1, 0.15) is 48.8 Å². The maximum absolute atomic E-state index is 13.4. The number of halogens is 1. The second-order valence-electron chi connectivity index (χ2n) is 9.94. The second kappa shape index (κ2) is 10.2. The lowest BCUT2D eigenvalue weighted by molar-refractivity contribution is -0.122. The van der Waals surface area contributed by atoms with E-state index < -0.39 is 28.7 Å². The zero-order valence-electron chi connectivity index (χ0n) is 21.4. The first-order valence-corrected chi connectivity index (χ1v) is 12.5. The number of amides is 1. The molecule has 10 nitrogen and oxygen atoms in total. The number of hydrogen-bond donors (Lipinski definition) is 2. The molecular formula is C28H27FN6O4. The number of nitrogens with one attached hydrogen (secondary N) is 1. The third kappa shape index (κ3) is 5.07. The van der Waals surface area contributed by atoms with Crippen molar-refractivity contribution in [1.82, 2.24) is 25.1 Å². The molecule has 39 heavy (non-hydrogen) atoms. The SMILES string of the molecule is CC(C)C(NC(=O)Cn1c(-c2ccccc2)cnc(N)c1=O)C(=O)c1nnc(C2(c3ccc(F)cc3)CC2)o1. The molecule has 11 heteroatoms. The van der Waals surface area contributed by atoms with Gasteiger partial charge in [0.15, 0.2) is 5.82 Å². The lowest BCUT2D eigenvalue weighted by Gasteiger charge is -2.20. The van der Waals surface area contributed by atoms with Crippen molar-refractivity contribution < 1.29 is 18.4 Å². The van der Waals surface area contributed by atoms with E-state index in [4.69, 9.17) is 10.2 Å². The number of carbonyl (C=O) groups is 2. The minimum Gasteiger partial charge on any atom is -0.417 e. The summed E-state index contributed by atoms with van der Waals surface area (Å²) in [5.74, 6) is -1.98. The van der Waals surface area contributed by atoms with Gasteiger partial charge in [-0.1, -0.05) is 56.3 Å². The van der Waals surface area contributed by atoms with Crippen LogP contribution in [0.2, 0.25) is 0 Å². The zero-order chi connectivity index (χ0) is 27.7. The number of carbonyl (C=O) groups excluding carboxylic acids is 2. The Labute approximate surface area is 223 Å². The average molecular weight is 531 g/mol. The van der Waals surface area contributed by atoms with E-state index in [1.165, 1.54) is 22.9 Å². The number of nitrogens with two attached hydrogens (primary N) is 1. The highest BCUT2D eigenvalue weighted by atomic mass is 19.1. The van der Waals surface area contributed by atoms with Crippen molar-refractivity contribution in [1.29, 1.82) is 0 Å². The molecule has 1 amide bonds. The van der Waals surface area contributed by atoms with Crippen LogP contribution in [-0.4, -0.2) is 37.5 Å². The number of aromatic nitrogens is 4. The summed E-state index contributed by atoms with van der Waals surface area (Å²) in [6.07, 6.45) is 2.89. The van der Waals surface area contributed by atoms with Gasteiger partial charge in [0.2, 0.25) is 17.6 Å². The van der Waals surface area contributed by atoms with E-state index in [1.807, 2.05) is 6.07 Å². The molecule has 0 saturated heterocycles. The first kappa shape index (κ1) is 26.0. The number of rotatable bonds is 9. The summed E-state index contributed by atoms with van der Waals surface area (Å²) in [7, 11) is 0. The van der Waals surface area contributed by atoms with Gasteiger partial charge in [0.1, 0.15) is 12.4 Å². The van der Waals surface area contributed by atoms with Gasteiger partial charge in [-0.2, -0.15) is 0 Å². The maximum atomic E-state index is 13.4. The topological polar surface area (TPSA) is 146 Å². The normalized spacial score (nSPS) is 14.7. The molecule has 1 aliphatic carbocycles. The molecule has 0 bridgehead atoms. The number of benzene rings is 2. The molecule has 2 aromatic carbocycles. The third-order valence-corrected chi connectivity index (χ3v) is 6.91. The van der Waals surface area contributed by atoms with E-state index in [0.717, 1.165) is 18.4 Å². The average Bonchev–Trinajstić information content (AvgIpc) is 3.58. The van der Waals surface area contributed by atoms with E-state index in [9.17, 15) is 18.8 Å². The van der Waals surface area contributed by atoms with E-state index in [0.29, 0.717) is 11.3 Å². The third-order valence-electron chi connectivity index (χ3n) is 6.91. The smallest absolute Gasteiger partial charge is 0.294 e. The monoisotopic (exact) mass is 530 g/mol. The van der Waals surface area contributed by atoms with Crippen LogP contribution in [0, 0.1) is 11.7 Å². The number of anilines is 1. The van der Waals surface area contributed by atoms with Gasteiger partial charge in [-0.05, 0) is 42.0 Å². The molecule has 2 heterocycles. The van der Waals surface area contributed by atoms with Crippen LogP contribution in [-0.2, 0) is 16.8 Å². The fourth-order valence-corrected chi connectivity index (χ4v) is 4.57. The Kier molecular flexibility index (Phi) is 6.81. The van der Waals surface area contributed by atoms with Crippen LogP contribution in [0.4, 0.5) is 10.2 Å². The molecular weight excluding hydrogens is 503 g/mol. The highest BCUT2D eigenvalue weighted by molar-refractivity contribution is 5.98. The number of hydrogen-bond acceptors (Lipinski definition) is 8. The van der Waals surface area contributed by atoms with Gasteiger partial charge >= 0.3 is 0 Å². The fourth-order valence-electron chi connectivity index (χ4n) is 4.57. The Balaban J connectivity index is 1.36. The molecule has 3 N–H and O–H groups in total. The standard InChI is InChI=1S/C28H27FN6O4/c1-16(2)22(23(37)25-33-34-27(39-25)28(12-13-28)18-8-10-19(29)11-9-18)32-21(36)15-35-20(14-31-24(30)26(35)38)17-6-4-3-5-7-17/h3-11,14,16,22H,12-13,15H2,1-2H3,(H2,30,31)(H,32,36). The van der Waals surface area contributed by atoms with E-state index >= 15 is 0 Å². The summed E-state index contributed by atoms with van der Waals surface area (Å²) < 4.78 is 20.4. The van der Waals surface area contributed by atoms with Gasteiger partial charge in [0, 0.05) is 0 Å². The molecule has 5 rings (SSSR count). The van der Waals surface area contributed by atoms with Crippen molar-refractivity contribution in [2.45, 2.75) is 44.7 Å². The van der Waals surface area contributed by atoms with Gasteiger partial charge in [-0.15, -0.1) is 10.2 Å². The Morgan fingerprint density at radius 2 is 1.79 bits per heavy atom. The second-order valence-corrected chi connectivity index (χ2v) is 9.94. The predicted octanol–water partition coefficient (Wildman–Crippen LogP) is 3.12. The van der Waals surface area contributed by atoms with E-state index in [1.54, 1.807) is 50.2 Å². The molecule has 0 aliphatic heterocycles. The Bertz CT molecular complexity index is 1580. The highest BCUT2D eigenvalue weighted by Gasteiger charge is 2.51. The Morgan fingerprint density at radius 1 is 1.10 bits per heavy atom. The molecule has 1 aliphatic rings. The van der Waals surface area contributed by atoms with Gasteiger partial charge < -0.3 is 15.5 Å².